The van der Waals surface area contributed by atoms with E-state index >= 15 is 0 Å². The van der Waals surface area contributed by atoms with E-state index in [2.05, 4.69) is 13.8 Å². The van der Waals surface area contributed by atoms with Crippen LogP contribution < -0.4 is 0 Å². The Morgan fingerprint density at radius 3 is 1.14 bits per heavy atom. The molecular weight excluding hydrogens is 746 g/mol. The van der Waals surface area contributed by atoms with Gasteiger partial charge in [-0.2, -0.15) is 0 Å². The molecular formula is C49H101NO7P+. The highest BCUT2D eigenvalue weighted by molar-refractivity contribution is 7.47. The highest BCUT2D eigenvalue weighted by Crippen LogP contribution is 2.43. The Bertz CT molecular complexity index is 899. The molecule has 0 rings (SSSR count). The molecule has 0 aliphatic rings. The van der Waals surface area contributed by atoms with Gasteiger partial charge in [0.05, 0.1) is 34.4 Å². The number of unbranched alkanes of at least 4 members (excludes halogenated alkanes) is 34. The summed E-state index contributed by atoms with van der Waals surface area (Å²) in [5.41, 5.74) is 0. The Hall–Kier alpha value is -0.500. The van der Waals surface area contributed by atoms with Crippen molar-refractivity contribution in [2.75, 3.05) is 54.1 Å². The lowest BCUT2D eigenvalue weighted by atomic mass is 10.0. The number of carbonyl (C=O) groups is 1. The number of hydrogen-bond donors (Lipinski definition) is 1. The van der Waals surface area contributed by atoms with Crippen LogP contribution in [0, 0.1) is 0 Å². The molecule has 0 fully saturated rings. The monoisotopic (exact) mass is 847 g/mol. The molecule has 0 saturated carbocycles. The van der Waals surface area contributed by atoms with Crippen LogP contribution in [0.15, 0.2) is 0 Å². The zero-order valence-electron chi connectivity index (χ0n) is 39.6. The highest BCUT2D eigenvalue weighted by Gasteiger charge is 2.26. The van der Waals surface area contributed by atoms with Gasteiger partial charge in [-0.05, 0) is 12.8 Å². The van der Waals surface area contributed by atoms with Crippen molar-refractivity contribution in [2.45, 2.75) is 258 Å². The number of phosphoric acid groups is 1. The Morgan fingerprint density at radius 1 is 0.466 bits per heavy atom. The minimum absolute atomic E-state index is 0.0940. The van der Waals surface area contributed by atoms with Crippen molar-refractivity contribution in [3.63, 3.8) is 0 Å². The van der Waals surface area contributed by atoms with Gasteiger partial charge in [0.1, 0.15) is 19.3 Å². The van der Waals surface area contributed by atoms with Crippen LogP contribution in [0.3, 0.4) is 0 Å². The molecule has 0 aliphatic heterocycles. The standard InChI is InChI=1S/C49H100NO7P/c1-6-8-10-12-14-16-18-20-21-22-23-24-25-26-27-28-29-30-31-32-34-36-38-40-42-49(51)57-48(47-56-58(52,53)55-45-43-50(3,4)5)46-54-44-41-39-37-35-33-19-17-15-13-11-9-7-2/h48H,6-47H2,1-5H3/p+1/t48-/m1/s1. The van der Waals surface area contributed by atoms with E-state index in [1.807, 2.05) is 21.1 Å². The van der Waals surface area contributed by atoms with Crippen LogP contribution >= 0.6 is 7.82 Å². The van der Waals surface area contributed by atoms with Gasteiger partial charge in [0.25, 0.3) is 0 Å². The zero-order valence-corrected chi connectivity index (χ0v) is 40.5. The summed E-state index contributed by atoms with van der Waals surface area (Å²) in [5.74, 6) is -0.305. The predicted octanol–water partition coefficient (Wildman–Crippen LogP) is 15.2. The number of ether oxygens (including phenoxy) is 2. The van der Waals surface area contributed by atoms with Crippen molar-refractivity contribution in [1.82, 2.24) is 0 Å². The molecule has 1 unspecified atom stereocenters. The molecule has 0 amide bonds. The summed E-state index contributed by atoms with van der Waals surface area (Å²) in [6.07, 6.45) is 47.2. The first-order valence-electron chi connectivity index (χ1n) is 25.3. The first-order chi connectivity index (χ1) is 28.1. The van der Waals surface area contributed by atoms with Crippen molar-refractivity contribution in [1.29, 1.82) is 0 Å². The van der Waals surface area contributed by atoms with E-state index < -0.39 is 13.9 Å². The molecule has 0 spiro atoms. The summed E-state index contributed by atoms with van der Waals surface area (Å²) in [4.78, 5) is 22.9. The summed E-state index contributed by atoms with van der Waals surface area (Å²) in [6, 6.07) is 0. The quantitative estimate of drug-likeness (QED) is 0.0282. The molecule has 0 aromatic carbocycles. The number of nitrogens with zero attached hydrogens (tertiary/aromatic N) is 1. The molecule has 9 heteroatoms. The van der Waals surface area contributed by atoms with E-state index in [1.54, 1.807) is 0 Å². The molecule has 0 heterocycles. The molecule has 0 radical (unpaired) electrons. The fourth-order valence-electron chi connectivity index (χ4n) is 7.50. The predicted molar refractivity (Wildman–Crippen MR) is 248 cm³/mol. The van der Waals surface area contributed by atoms with Crippen LogP contribution in [0.4, 0.5) is 0 Å². The minimum atomic E-state index is -4.27. The van der Waals surface area contributed by atoms with Crippen molar-refractivity contribution >= 4 is 13.8 Å². The van der Waals surface area contributed by atoms with E-state index in [0.29, 0.717) is 24.1 Å². The van der Waals surface area contributed by atoms with Crippen LogP contribution in [0.1, 0.15) is 251 Å². The van der Waals surface area contributed by atoms with Gasteiger partial charge in [-0.1, -0.05) is 232 Å². The third-order valence-electron chi connectivity index (χ3n) is 11.4. The molecule has 0 aliphatic carbocycles. The number of rotatable bonds is 48. The maximum absolute atomic E-state index is 12.7. The van der Waals surface area contributed by atoms with E-state index in [0.717, 1.165) is 32.1 Å². The topological polar surface area (TPSA) is 91.3 Å². The number of esters is 1. The summed E-state index contributed by atoms with van der Waals surface area (Å²) in [6.45, 7) is 5.69. The average Bonchev–Trinajstić information content (AvgIpc) is 3.18. The Balaban J connectivity index is 4.01. The van der Waals surface area contributed by atoms with Crippen LogP contribution in [-0.4, -0.2) is 75.6 Å². The van der Waals surface area contributed by atoms with Crippen molar-refractivity contribution < 1.29 is 37.3 Å². The first-order valence-corrected chi connectivity index (χ1v) is 26.8. The van der Waals surface area contributed by atoms with Crippen LogP contribution in [0.25, 0.3) is 0 Å². The van der Waals surface area contributed by atoms with E-state index in [9.17, 15) is 14.3 Å². The molecule has 58 heavy (non-hydrogen) atoms. The van der Waals surface area contributed by atoms with Crippen LogP contribution in [0.2, 0.25) is 0 Å². The number of hydrogen-bond acceptors (Lipinski definition) is 6. The second-order valence-corrected chi connectivity index (χ2v) is 20.0. The second kappa shape index (κ2) is 43.2. The van der Waals surface area contributed by atoms with Gasteiger partial charge >= 0.3 is 13.8 Å². The fraction of sp³-hybridized carbons (Fsp3) is 0.980. The molecule has 0 saturated heterocycles. The highest BCUT2D eigenvalue weighted by atomic mass is 31.2. The maximum Gasteiger partial charge on any atom is 0.472 e. The smallest absolute Gasteiger partial charge is 0.457 e. The SMILES string of the molecule is CCCCCCCCCCCCCCCCCCCCCCCCCCC(=O)O[C@H](COCCCCCCCCCCCCCC)COP(=O)(O)OCC[N+](C)(C)C. The largest absolute Gasteiger partial charge is 0.472 e. The van der Waals surface area contributed by atoms with Crippen molar-refractivity contribution in [3.8, 4) is 0 Å². The Morgan fingerprint density at radius 2 is 0.793 bits per heavy atom. The van der Waals surface area contributed by atoms with E-state index in [-0.39, 0.29) is 25.8 Å². The molecule has 2 atom stereocenters. The van der Waals surface area contributed by atoms with Gasteiger partial charge in [0.2, 0.25) is 0 Å². The molecule has 348 valence electrons. The number of quaternary nitrogens is 1. The van der Waals surface area contributed by atoms with Gasteiger partial charge in [0, 0.05) is 13.0 Å². The van der Waals surface area contributed by atoms with Gasteiger partial charge in [-0.15, -0.1) is 0 Å². The molecule has 0 bridgehead atoms. The van der Waals surface area contributed by atoms with E-state index in [4.69, 9.17) is 18.5 Å². The Kier molecular flexibility index (Phi) is 42.8. The zero-order chi connectivity index (χ0) is 42.7. The molecule has 0 aromatic rings. The lowest BCUT2D eigenvalue weighted by Crippen LogP contribution is -2.37. The molecule has 8 nitrogen and oxygen atoms in total. The van der Waals surface area contributed by atoms with Gasteiger partial charge in [-0.25, -0.2) is 4.57 Å². The molecule has 1 N–H and O–H groups in total. The summed E-state index contributed by atoms with van der Waals surface area (Å²) in [5, 5.41) is 0. The number of carbonyl (C=O) groups excluding carboxylic acids is 1. The van der Waals surface area contributed by atoms with Crippen molar-refractivity contribution in [3.05, 3.63) is 0 Å². The number of phosphoric ester groups is 1. The molecule has 0 aromatic heterocycles. The fourth-order valence-corrected chi connectivity index (χ4v) is 8.24. The first kappa shape index (κ1) is 57.5. The summed E-state index contributed by atoms with van der Waals surface area (Å²) >= 11 is 0. The van der Waals surface area contributed by atoms with E-state index in [1.165, 1.54) is 199 Å². The number of likely N-dealkylation sites (N-methyl/N-ethyl adjacent to an activating group) is 1. The summed E-state index contributed by atoms with van der Waals surface area (Å²) < 4.78 is 35.1. The van der Waals surface area contributed by atoms with Crippen LogP contribution in [-0.2, 0) is 27.9 Å². The Labute approximate surface area is 361 Å². The van der Waals surface area contributed by atoms with Crippen LogP contribution in [0.5, 0.6) is 0 Å². The minimum Gasteiger partial charge on any atom is -0.457 e. The third-order valence-corrected chi connectivity index (χ3v) is 12.4. The lowest BCUT2D eigenvalue weighted by molar-refractivity contribution is -0.870. The lowest BCUT2D eigenvalue weighted by Gasteiger charge is -2.24. The van der Waals surface area contributed by atoms with Crippen molar-refractivity contribution in [2.24, 2.45) is 0 Å². The second-order valence-electron chi connectivity index (χ2n) is 18.6. The third kappa shape index (κ3) is 46.6. The normalized spacial score (nSPS) is 13.6. The van der Waals surface area contributed by atoms with Gasteiger partial charge in [0.15, 0.2) is 0 Å². The summed E-state index contributed by atoms with van der Waals surface area (Å²) in [7, 11) is 1.69. The van der Waals surface area contributed by atoms with Gasteiger partial charge in [-0.3, -0.25) is 13.8 Å². The average molecular weight is 847 g/mol. The maximum atomic E-state index is 12.7. The van der Waals surface area contributed by atoms with Gasteiger partial charge < -0.3 is 18.9 Å².